The number of halogens is 3. The third-order valence-electron chi connectivity index (χ3n) is 5.05. The number of benzene rings is 2. The molecule has 2 aliphatic heterocycles. The maximum absolute atomic E-state index is 13.2. The quantitative estimate of drug-likeness (QED) is 0.516. The van der Waals surface area contributed by atoms with Crippen LogP contribution < -0.4 is 4.90 Å². The van der Waals surface area contributed by atoms with E-state index in [2.05, 4.69) is 4.99 Å². The highest BCUT2D eigenvalue weighted by Crippen LogP contribution is 2.41. The second kappa shape index (κ2) is 6.09. The zero-order valence-corrected chi connectivity index (χ0v) is 15.8. The molecule has 28 heavy (non-hydrogen) atoms. The van der Waals surface area contributed by atoms with Crippen LogP contribution in [-0.2, 0) is 6.18 Å². The fraction of sp³-hybridized carbons (Fsp3) is 0.333. The number of amidine groups is 1. The Hall–Kier alpha value is -2.83. The molecule has 4 rings (SSSR count). The molecular formula is C21H20F3N3O. The van der Waals surface area contributed by atoms with Crippen LogP contribution in [0.1, 0.15) is 30.5 Å². The fourth-order valence-electron chi connectivity index (χ4n) is 3.59. The van der Waals surface area contributed by atoms with E-state index in [1.165, 1.54) is 6.07 Å². The molecule has 146 valence electrons. The minimum atomic E-state index is -4.52. The van der Waals surface area contributed by atoms with Crippen molar-refractivity contribution in [2.45, 2.75) is 26.9 Å². The van der Waals surface area contributed by atoms with Crippen LogP contribution in [0, 0.1) is 17.5 Å². The first-order chi connectivity index (χ1) is 13.1. The van der Waals surface area contributed by atoms with Gasteiger partial charge in [-0.3, -0.25) is 4.99 Å². The van der Waals surface area contributed by atoms with Gasteiger partial charge in [0.25, 0.3) is 5.71 Å². The average Bonchev–Trinajstić information content (AvgIpc) is 2.62. The Morgan fingerprint density at radius 3 is 2.43 bits per heavy atom. The number of rotatable bonds is 1. The van der Waals surface area contributed by atoms with E-state index in [-0.39, 0.29) is 16.8 Å². The molecule has 0 atom stereocenters. The Kier molecular flexibility index (Phi) is 4.03. The van der Waals surface area contributed by atoms with E-state index in [4.69, 9.17) is 0 Å². The normalized spacial score (nSPS) is 18.5. The average molecular weight is 387 g/mol. The van der Waals surface area contributed by atoms with Crippen LogP contribution in [0.3, 0.4) is 0 Å². The van der Waals surface area contributed by atoms with Gasteiger partial charge in [0.05, 0.1) is 11.1 Å². The summed E-state index contributed by atoms with van der Waals surface area (Å²) in [5, 5.41) is 13.2. The molecular weight excluding hydrogens is 367 g/mol. The minimum Gasteiger partial charge on any atom is -0.618 e. The minimum absolute atomic E-state index is 0.0120. The van der Waals surface area contributed by atoms with Gasteiger partial charge in [-0.1, -0.05) is 31.5 Å². The van der Waals surface area contributed by atoms with E-state index in [9.17, 15) is 18.4 Å². The summed E-state index contributed by atoms with van der Waals surface area (Å²) >= 11 is 0. The summed E-state index contributed by atoms with van der Waals surface area (Å²) in [6.45, 7) is 7.13. The largest absolute Gasteiger partial charge is 0.618 e. The molecule has 2 aliphatic rings. The second-order valence-electron chi connectivity index (χ2n) is 8.10. The van der Waals surface area contributed by atoms with Gasteiger partial charge in [0.1, 0.15) is 5.69 Å². The predicted octanol–water partition coefficient (Wildman–Crippen LogP) is 4.90. The Morgan fingerprint density at radius 1 is 1.11 bits per heavy atom. The molecule has 0 spiro atoms. The van der Waals surface area contributed by atoms with E-state index < -0.39 is 11.7 Å². The number of alkyl halides is 3. The molecule has 0 bridgehead atoms. The lowest BCUT2D eigenvalue weighted by atomic mass is 9.89. The van der Waals surface area contributed by atoms with Gasteiger partial charge in [-0.2, -0.15) is 17.9 Å². The standard InChI is InChI=1S/C21H20F3N3O/c1-13-4-6-14(7-5-13)18-19-25-11-20(2,3)12-26(19)16-9-8-15(21(22,23)24)10-17(16)27(18)28/h4-10H,11-12H2,1-3H3. The maximum Gasteiger partial charge on any atom is 0.416 e. The summed E-state index contributed by atoms with van der Waals surface area (Å²) in [7, 11) is 0. The number of aryl methyl sites for hydroxylation is 1. The molecule has 0 amide bonds. The van der Waals surface area contributed by atoms with E-state index in [1.54, 1.807) is 12.1 Å². The van der Waals surface area contributed by atoms with Crippen molar-refractivity contribution in [3.8, 4) is 0 Å². The number of fused-ring (bicyclic) bond motifs is 3. The van der Waals surface area contributed by atoms with Crippen molar-refractivity contribution in [3.63, 3.8) is 0 Å². The molecule has 0 saturated carbocycles. The van der Waals surface area contributed by atoms with Crippen molar-refractivity contribution in [3.05, 3.63) is 64.4 Å². The monoisotopic (exact) mass is 387 g/mol. The number of anilines is 1. The summed E-state index contributed by atoms with van der Waals surface area (Å²) in [5.41, 5.74) is 1.38. The van der Waals surface area contributed by atoms with Crippen LogP contribution in [0.5, 0.6) is 0 Å². The Bertz CT molecular complexity index is 1000. The van der Waals surface area contributed by atoms with Gasteiger partial charge in [-0.25, -0.2) is 0 Å². The van der Waals surface area contributed by atoms with Crippen molar-refractivity contribution >= 4 is 22.9 Å². The number of nitrogens with zero attached hydrogens (tertiary/aromatic N) is 3. The molecule has 4 nitrogen and oxygen atoms in total. The van der Waals surface area contributed by atoms with Gasteiger partial charge in [-0.05, 0) is 31.2 Å². The highest BCUT2D eigenvalue weighted by molar-refractivity contribution is 6.51. The lowest BCUT2D eigenvalue weighted by Crippen LogP contribution is -2.51. The lowest BCUT2D eigenvalue weighted by Gasteiger charge is -2.40. The van der Waals surface area contributed by atoms with Gasteiger partial charge >= 0.3 is 6.18 Å². The first kappa shape index (κ1) is 18.5. The molecule has 0 saturated heterocycles. The van der Waals surface area contributed by atoms with Crippen molar-refractivity contribution < 1.29 is 17.9 Å². The molecule has 2 aromatic carbocycles. The summed E-state index contributed by atoms with van der Waals surface area (Å²) in [5.74, 6) is 0.505. The smallest absolute Gasteiger partial charge is 0.416 e. The highest BCUT2D eigenvalue weighted by atomic mass is 19.4. The fourth-order valence-corrected chi connectivity index (χ4v) is 3.59. The first-order valence-corrected chi connectivity index (χ1v) is 9.02. The molecule has 0 aromatic heterocycles. The second-order valence-corrected chi connectivity index (χ2v) is 8.10. The van der Waals surface area contributed by atoms with Crippen molar-refractivity contribution in [1.82, 2.24) is 0 Å². The number of hydrogen-bond donors (Lipinski definition) is 0. The van der Waals surface area contributed by atoms with Gasteiger partial charge in [0, 0.05) is 24.6 Å². The first-order valence-electron chi connectivity index (χ1n) is 9.02. The van der Waals surface area contributed by atoms with Gasteiger partial charge in [-0.15, -0.1) is 0 Å². The van der Waals surface area contributed by atoms with E-state index >= 15 is 0 Å². The molecule has 2 aromatic rings. The third-order valence-corrected chi connectivity index (χ3v) is 5.05. The van der Waals surface area contributed by atoms with Crippen LogP contribution in [-0.4, -0.2) is 29.4 Å². The van der Waals surface area contributed by atoms with E-state index in [1.807, 2.05) is 37.8 Å². The van der Waals surface area contributed by atoms with Gasteiger partial charge < -0.3 is 10.1 Å². The number of aliphatic imine (C=N–C) groups is 1. The zero-order chi connectivity index (χ0) is 20.3. The lowest BCUT2D eigenvalue weighted by molar-refractivity contribution is -0.358. The van der Waals surface area contributed by atoms with Gasteiger partial charge in [0.2, 0.25) is 11.5 Å². The van der Waals surface area contributed by atoms with Crippen LogP contribution in [0.25, 0.3) is 0 Å². The predicted molar refractivity (Wildman–Crippen MR) is 103 cm³/mol. The van der Waals surface area contributed by atoms with Gasteiger partial charge in [0.15, 0.2) is 0 Å². The van der Waals surface area contributed by atoms with Crippen LogP contribution in [0.4, 0.5) is 24.5 Å². The molecule has 0 fully saturated rings. The molecule has 0 radical (unpaired) electrons. The summed E-state index contributed by atoms with van der Waals surface area (Å²) < 4.78 is 40.3. The van der Waals surface area contributed by atoms with Crippen LogP contribution in [0.15, 0.2) is 47.5 Å². The summed E-state index contributed by atoms with van der Waals surface area (Å²) in [4.78, 5) is 6.51. The molecule has 2 heterocycles. The van der Waals surface area contributed by atoms with Crippen LogP contribution in [0.2, 0.25) is 0 Å². The Morgan fingerprint density at radius 2 is 1.79 bits per heavy atom. The van der Waals surface area contributed by atoms with E-state index in [0.29, 0.717) is 34.9 Å². The molecule has 7 heteroatoms. The summed E-state index contributed by atoms with van der Waals surface area (Å²) in [6.07, 6.45) is -4.52. The summed E-state index contributed by atoms with van der Waals surface area (Å²) in [6, 6.07) is 10.7. The Labute approximate surface area is 161 Å². The topological polar surface area (TPSA) is 41.7 Å². The van der Waals surface area contributed by atoms with Crippen molar-refractivity contribution in [2.75, 3.05) is 18.0 Å². The highest BCUT2D eigenvalue weighted by Gasteiger charge is 2.42. The number of hydrogen-bond acceptors (Lipinski definition) is 3. The Balaban J connectivity index is 1.98. The molecule has 0 N–H and O–H groups in total. The molecule has 0 aliphatic carbocycles. The van der Waals surface area contributed by atoms with Crippen molar-refractivity contribution in [1.29, 1.82) is 0 Å². The third kappa shape index (κ3) is 3.04. The molecule has 0 unspecified atom stereocenters. The van der Waals surface area contributed by atoms with Crippen LogP contribution >= 0.6 is 0 Å². The SMILES string of the molecule is Cc1ccc(C2=[N+]([O-])c3cc(C(F)(F)F)ccc3N3CC(C)(C)CN=C23)cc1. The van der Waals surface area contributed by atoms with E-state index in [0.717, 1.165) is 17.7 Å². The maximum atomic E-state index is 13.2. The van der Waals surface area contributed by atoms with Crippen molar-refractivity contribution in [2.24, 2.45) is 10.4 Å². The zero-order valence-electron chi connectivity index (χ0n) is 15.8.